The SMILES string of the molecule is CC(=O)c1cc(F)c(C)cc1Br. The summed E-state index contributed by atoms with van der Waals surface area (Å²) >= 11 is 3.19. The van der Waals surface area contributed by atoms with Gasteiger partial charge in [0.05, 0.1) is 0 Å². The molecule has 0 spiro atoms. The normalized spacial score (nSPS) is 10.0. The van der Waals surface area contributed by atoms with Crippen molar-refractivity contribution in [1.82, 2.24) is 0 Å². The molecule has 0 fully saturated rings. The fourth-order valence-corrected chi connectivity index (χ4v) is 1.65. The van der Waals surface area contributed by atoms with Crippen molar-refractivity contribution < 1.29 is 9.18 Å². The van der Waals surface area contributed by atoms with Crippen molar-refractivity contribution in [3.05, 3.63) is 33.5 Å². The lowest BCUT2D eigenvalue weighted by molar-refractivity contribution is 0.101. The standard InChI is InChI=1S/C9H8BrFO/c1-5-3-8(10)7(6(2)12)4-9(5)11/h3-4H,1-2H3. The number of Topliss-reactive ketones (excluding diaryl/α,β-unsaturated/α-hetero) is 1. The number of hydrogen-bond acceptors (Lipinski definition) is 1. The maximum atomic E-state index is 12.9. The van der Waals surface area contributed by atoms with E-state index in [-0.39, 0.29) is 11.6 Å². The summed E-state index contributed by atoms with van der Waals surface area (Å²) in [6, 6.07) is 2.85. The summed E-state index contributed by atoms with van der Waals surface area (Å²) in [5.74, 6) is -0.482. The molecule has 0 bridgehead atoms. The van der Waals surface area contributed by atoms with Crippen molar-refractivity contribution in [3.63, 3.8) is 0 Å². The van der Waals surface area contributed by atoms with Crippen LogP contribution in [0.2, 0.25) is 0 Å². The van der Waals surface area contributed by atoms with Gasteiger partial charge in [-0.3, -0.25) is 4.79 Å². The van der Waals surface area contributed by atoms with Gasteiger partial charge < -0.3 is 0 Å². The zero-order valence-corrected chi connectivity index (χ0v) is 8.40. The number of carbonyl (C=O) groups is 1. The lowest BCUT2D eigenvalue weighted by atomic mass is 10.1. The predicted molar refractivity (Wildman–Crippen MR) is 48.8 cm³/mol. The van der Waals surface area contributed by atoms with Gasteiger partial charge in [-0.15, -0.1) is 0 Å². The summed E-state index contributed by atoms with van der Waals surface area (Å²) in [4.78, 5) is 10.9. The molecule has 0 aromatic heterocycles. The van der Waals surface area contributed by atoms with E-state index in [2.05, 4.69) is 15.9 Å². The lowest BCUT2D eigenvalue weighted by Gasteiger charge is -2.02. The molecular weight excluding hydrogens is 223 g/mol. The van der Waals surface area contributed by atoms with Crippen molar-refractivity contribution in [2.24, 2.45) is 0 Å². The Morgan fingerprint density at radius 3 is 2.58 bits per heavy atom. The molecule has 1 rings (SSSR count). The van der Waals surface area contributed by atoms with Crippen LogP contribution < -0.4 is 0 Å². The van der Waals surface area contributed by atoms with Gasteiger partial charge in [-0.25, -0.2) is 4.39 Å². The Hall–Kier alpha value is -0.700. The molecule has 0 atom stereocenters. The van der Waals surface area contributed by atoms with Crippen molar-refractivity contribution in [3.8, 4) is 0 Å². The molecule has 0 amide bonds. The molecular formula is C9H8BrFO. The highest BCUT2D eigenvalue weighted by molar-refractivity contribution is 9.10. The third-order valence-electron chi connectivity index (χ3n) is 1.63. The summed E-state index contributed by atoms with van der Waals surface area (Å²) in [5, 5.41) is 0. The first-order valence-corrected chi connectivity index (χ1v) is 4.28. The summed E-state index contributed by atoms with van der Waals surface area (Å²) < 4.78 is 13.6. The number of hydrogen-bond donors (Lipinski definition) is 0. The molecule has 0 N–H and O–H groups in total. The van der Waals surface area contributed by atoms with Crippen LogP contribution >= 0.6 is 15.9 Å². The number of halogens is 2. The highest BCUT2D eigenvalue weighted by Gasteiger charge is 2.08. The van der Waals surface area contributed by atoms with Gasteiger partial charge >= 0.3 is 0 Å². The molecule has 1 aromatic rings. The highest BCUT2D eigenvalue weighted by atomic mass is 79.9. The lowest BCUT2D eigenvalue weighted by Crippen LogP contribution is -1.96. The highest BCUT2D eigenvalue weighted by Crippen LogP contribution is 2.21. The second-order valence-electron chi connectivity index (χ2n) is 2.64. The smallest absolute Gasteiger partial charge is 0.161 e. The molecule has 64 valence electrons. The van der Waals surface area contributed by atoms with Crippen LogP contribution in [0.25, 0.3) is 0 Å². The summed E-state index contributed by atoms with van der Waals surface area (Å²) in [7, 11) is 0. The van der Waals surface area contributed by atoms with Crippen LogP contribution in [-0.4, -0.2) is 5.78 Å². The summed E-state index contributed by atoms with van der Waals surface area (Å²) in [6.45, 7) is 3.07. The summed E-state index contributed by atoms with van der Waals surface area (Å²) in [6.07, 6.45) is 0. The van der Waals surface area contributed by atoms with Gasteiger partial charge in [-0.1, -0.05) is 15.9 Å². The van der Waals surface area contributed by atoms with Gasteiger partial charge in [0, 0.05) is 10.0 Å². The molecule has 0 heterocycles. The molecule has 0 radical (unpaired) electrons. The molecule has 12 heavy (non-hydrogen) atoms. The third-order valence-corrected chi connectivity index (χ3v) is 2.28. The van der Waals surface area contributed by atoms with Gasteiger partial charge in [0.25, 0.3) is 0 Å². The van der Waals surface area contributed by atoms with Crippen molar-refractivity contribution in [2.75, 3.05) is 0 Å². The van der Waals surface area contributed by atoms with Crippen LogP contribution in [0.3, 0.4) is 0 Å². The molecule has 3 heteroatoms. The number of benzene rings is 1. The van der Waals surface area contributed by atoms with Crippen molar-refractivity contribution >= 4 is 21.7 Å². The van der Waals surface area contributed by atoms with Crippen LogP contribution in [0.5, 0.6) is 0 Å². The molecule has 0 aliphatic heterocycles. The molecule has 1 nitrogen and oxygen atoms in total. The first-order valence-electron chi connectivity index (χ1n) is 3.49. The Balaban J connectivity index is 3.33. The molecule has 0 saturated heterocycles. The van der Waals surface area contributed by atoms with E-state index >= 15 is 0 Å². The second-order valence-corrected chi connectivity index (χ2v) is 3.49. The van der Waals surface area contributed by atoms with Crippen LogP contribution in [-0.2, 0) is 0 Å². The van der Waals surface area contributed by atoms with Gasteiger partial charge in [-0.05, 0) is 31.5 Å². The van der Waals surface area contributed by atoms with Gasteiger partial charge in [-0.2, -0.15) is 0 Å². The minimum atomic E-state index is -0.344. The molecule has 0 aliphatic rings. The second kappa shape index (κ2) is 3.35. The minimum Gasteiger partial charge on any atom is -0.294 e. The number of ketones is 1. The first-order chi connectivity index (χ1) is 5.52. The van der Waals surface area contributed by atoms with Crippen LogP contribution in [0.1, 0.15) is 22.8 Å². The number of aryl methyl sites for hydroxylation is 1. The van der Waals surface area contributed by atoms with Crippen LogP contribution in [0, 0.1) is 12.7 Å². The fraction of sp³-hybridized carbons (Fsp3) is 0.222. The average Bonchev–Trinajstić information content (AvgIpc) is 1.96. The Kier molecular flexibility index (Phi) is 2.62. The zero-order valence-electron chi connectivity index (χ0n) is 6.82. The van der Waals surface area contributed by atoms with E-state index in [0.717, 1.165) is 0 Å². The van der Waals surface area contributed by atoms with E-state index in [1.54, 1.807) is 13.0 Å². The Labute approximate surface area is 78.7 Å². The Morgan fingerprint density at radius 2 is 2.08 bits per heavy atom. The molecule has 0 saturated carbocycles. The fourth-order valence-electron chi connectivity index (χ4n) is 0.916. The quantitative estimate of drug-likeness (QED) is 0.678. The average molecular weight is 231 g/mol. The zero-order chi connectivity index (χ0) is 9.30. The van der Waals surface area contributed by atoms with E-state index in [1.165, 1.54) is 13.0 Å². The topological polar surface area (TPSA) is 17.1 Å². The molecule has 0 aliphatic carbocycles. The maximum Gasteiger partial charge on any atom is 0.161 e. The number of rotatable bonds is 1. The van der Waals surface area contributed by atoms with Gasteiger partial charge in [0.2, 0.25) is 0 Å². The van der Waals surface area contributed by atoms with Crippen LogP contribution in [0.4, 0.5) is 4.39 Å². The monoisotopic (exact) mass is 230 g/mol. The van der Waals surface area contributed by atoms with Gasteiger partial charge in [0.15, 0.2) is 5.78 Å². The van der Waals surface area contributed by atoms with Crippen LogP contribution in [0.15, 0.2) is 16.6 Å². The molecule has 1 aromatic carbocycles. The van der Waals surface area contributed by atoms with E-state index < -0.39 is 0 Å². The Morgan fingerprint density at radius 1 is 1.50 bits per heavy atom. The molecule has 0 unspecified atom stereocenters. The van der Waals surface area contributed by atoms with E-state index in [0.29, 0.717) is 15.6 Å². The Bertz CT molecular complexity index is 334. The number of carbonyl (C=O) groups excluding carboxylic acids is 1. The third kappa shape index (κ3) is 1.72. The van der Waals surface area contributed by atoms with Crippen molar-refractivity contribution in [2.45, 2.75) is 13.8 Å². The predicted octanol–water partition coefficient (Wildman–Crippen LogP) is 3.10. The van der Waals surface area contributed by atoms with Gasteiger partial charge in [0.1, 0.15) is 5.82 Å². The largest absolute Gasteiger partial charge is 0.294 e. The maximum absolute atomic E-state index is 12.9. The van der Waals surface area contributed by atoms with E-state index in [4.69, 9.17) is 0 Å². The first kappa shape index (κ1) is 9.39. The summed E-state index contributed by atoms with van der Waals surface area (Å²) in [5.41, 5.74) is 0.921. The van der Waals surface area contributed by atoms with Crippen molar-refractivity contribution in [1.29, 1.82) is 0 Å². The minimum absolute atomic E-state index is 0.138. The van der Waals surface area contributed by atoms with E-state index in [9.17, 15) is 9.18 Å². The van der Waals surface area contributed by atoms with E-state index in [1.807, 2.05) is 0 Å².